The molecule has 0 aliphatic rings. The van der Waals surface area contributed by atoms with Gasteiger partial charge in [-0.25, -0.2) is 4.98 Å². The first-order valence-electron chi connectivity index (χ1n) is 8.10. The van der Waals surface area contributed by atoms with Crippen molar-refractivity contribution in [2.75, 3.05) is 0 Å². The van der Waals surface area contributed by atoms with Crippen molar-refractivity contribution in [1.29, 1.82) is 0 Å². The van der Waals surface area contributed by atoms with E-state index in [9.17, 15) is 9.59 Å². The third-order valence-corrected chi connectivity index (χ3v) is 5.98. The quantitative estimate of drug-likeness (QED) is 0.319. The Morgan fingerprint density at radius 3 is 2.29 bits per heavy atom. The van der Waals surface area contributed by atoms with E-state index < -0.39 is 0 Å². The van der Waals surface area contributed by atoms with Crippen molar-refractivity contribution >= 4 is 62.9 Å². The van der Waals surface area contributed by atoms with Crippen molar-refractivity contribution in [1.82, 2.24) is 14.1 Å². The van der Waals surface area contributed by atoms with Crippen LogP contribution in [-0.4, -0.2) is 19.9 Å². The fraction of sp³-hybridized carbons (Fsp3) is 0.0526. The van der Waals surface area contributed by atoms with Crippen LogP contribution in [0.2, 0.25) is 10.0 Å². The van der Waals surface area contributed by atoms with E-state index in [4.69, 9.17) is 35.4 Å². The van der Waals surface area contributed by atoms with Gasteiger partial charge in [0, 0.05) is 21.3 Å². The Morgan fingerprint density at radius 2 is 1.64 bits per heavy atom. The monoisotopic (exact) mass is 447 g/mol. The van der Waals surface area contributed by atoms with Crippen LogP contribution >= 0.6 is 46.8 Å². The minimum absolute atomic E-state index is 0.116. The Labute approximate surface area is 178 Å². The Hall–Kier alpha value is -2.32. The number of carbonyl (C=O) groups is 1. The molecule has 4 rings (SSSR count). The first-order valence-corrected chi connectivity index (χ1v) is 10.1. The van der Waals surface area contributed by atoms with E-state index in [0.717, 1.165) is 17.0 Å². The van der Waals surface area contributed by atoms with Crippen LogP contribution < -0.4 is 5.56 Å². The number of nitrogens with zero attached hydrogens (tertiary/aromatic N) is 3. The summed E-state index contributed by atoms with van der Waals surface area (Å²) in [6, 6.07) is 13.6. The number of rotatable bonds is 4. The van der Waals surface area contributed by atoms with Crippen LogP contribution in [0.4, 0.5) is 0 Å². The second-order valence-corrected chi connectivity index (χ2v) is 8.46. The first kappa shape index (κ1) is 19.0. The van der Waals surface area contributed by atoms with Crippen molar-refractivity contribution in [3.8, 4) is 5.69 Å². The highest BCUT2D eigenvalue weighted by molar-refractivity contribution is 7.73. The van der Waals surface area contributed by atoms with Crippen molar-refractivity contribution in [3.63, 3.8) is 0 Å². The van der Waals surface area contributed by atoms with Gasteiger partial charge in [-0.15, -0.1) is 0 Å². The molecule has 5 nitrogen and oxygen atoms in total. The second-order valence-electron chi connectivity index (χ2n) is 5.94. The normalized spacial score (nSPS) is 11.1. The maximum atomic E-state index is 12.9. The predicted octanol–water partition coefficient (Wildman–Crippen LogP) is 5.17. The predicted molar refractivity (Wildman–Crippen MR) is 115 cm³/mol. The number of halogens is 2. The number of hydrogen-bond acceptors (Lipinski definition) is 5. The van der Waals surface area contributed by atoms with Gasteiger partial charge in [0.05, 0.1) is 6.54 Å². The maximum Gasteiger partial charge on any atom is 0.273 e. The Balaban J connectivity index is 1.75. The molecular formula is C19H11Cl2N3O2S2. The summed E-state index contributed by atoms with van der Waals surface area (Å²) >= 11 is 18.4. The van der Waals surface area contributed by atoms with Gasteiger partial charge in [0.25, 0.3) is 5.56 Å². The lowest BCUT2D eigenvalue weighted by molar-refractivity contribution is 0.0970. The molecule has 0 unspecified atom stereocenters. The van der Waals surface area contributed by atoms with E-state index in [0.29, 0.717) is 29.9 Å². The van der Waals surface area contributed by atoms with Crippen molar-refractivity contribution in [3.05, 3.63) is 84.8 Å². The van der Waals surface area contributed by atoms with Gasteiger partial charge in [-0.3, -0.25) is 18.7 Å². The molecule has 0 saturated heterocycles. The van der Waals surface area contributed by atoms with Crippen LogP contribution in [-0.2, 0) is 6.54 Å². The van der Waals surface area contributed by atoms with Crippen LogP contribution in [0.5, 0.6) is 0 Å². The number of fused-ring (bicyclic) bond motifs is 1. The number of benzene rings is 2. The Morgan fingerprint density at radius 1 is 1.04 bits per heavy atom. The highest BCUT2D eigenvalue weighted by Gasteiger charge is 2.15. The summed E-state index contributed by atoms with van der Waals surface area (Å²) in [5.74, 6) is -0.208. The molecule has 0 spiro atoms. The fourth-order valence-corrected chi connectivity index (χ4v) is 4.33. The number of thiazole rings is 1. The molecule has 2 aromatic carbocycles. The van der Waals surface area contributed by atoms with E-state index in [1.165, 1.54) is 10.9 Å². The molecule has 0 N–H and O–H groups in total. The Bertz CT molecular complexity index is 1310. The van der Waals surface area contributed by atoms with E-state index in [-0.39, 0.29) is 17.9 Å². The number of hydrogen-bond donors (Lipinski definition) is 0. The third-order valence-electron chi connectivity index (χ3n) is 4.13. The van der Waals surface area contributed by atoms with Gasteiger partial charge in [0.2, 0.25) is 0 Å². The standard InChI is InChI=1S/C19H11Cl2N3O2S2/c20-12-3-1-11(2-4-12)15(25)9-23-10-22-17-16(18(23)26)28-19(27)24(17)14-7-5-13(21)6-8-14/h1-8,10H,9H2. The molecule has 2 aromatic heterocycles. The summed E-state index contributed by atoms with van der Waals surface area (Å²) in [6.07, 6.45) is 1.37. The van der Waals surface area contributed by atoms with Crippen LogP contribution in [0.25, 0.3) is 16.0 Å². The van der Waals surface area contributed by atoms with Crippen molar-refractivity contribution in [2.24, 2.45) is 0 Å². The molecule has 2 heterocycles. The molecule has 0 aliphatic carbocycles. The van der Waals surface area contributed by atoms with Crippen LogP contribution in [0.1, 0.15) is 10.4 Å². The molecule has 0 radical (unpaired) electrons. The van der Waals surface area contributed by atoms with E-state index >= 15 is 0 Å². The van der Waals surface area contributed by atoms with Gasteiger partial charge in [0.1, 0.15) is 11.0 Å². The lowest BCUT2D eigenvalue weighted by Gasteiger charge is -2.07. The molecule has 0 fully saturated rings. The minimum Gasteiger partial charge on any atom is -0.292 e. The molecule has 140 valence electrons. The zero-order valence-corrected chi connectivity index (χ0v) is 17.3. The smallest absolute Gasteiger partial charge is 0.273 e. The summed E-state index contributed by atoms with van der Waals surface area (Å²) in [6.45, 7) is -0.116. The molecule has 9 heteroatoms. The number of ketones is 1. The summed E-state index contributed by atoms with van der Waals surface area (Å²) in [5, 5.41) is 1.14. The van der Waals surface area contributed by atoms with Crippen molar-refractivity contribution < 1.29 is 4.79 Å². The van der Waals surface area contributed by atoms with Crippen LogP contribution in [0, 0.1) is 3.95 Å². The minimum atomic E-state index is -0.309. The molecule has 4 aromatic rings. The van der Waals surface area contributed by atoms with Gasteiger partial charge in [-0.05, 0) is 60.7 Å². The van der Waals surface area contributed by atoms with Gasteiger partial charge in [-0.1, -0.05) is 34.5 Å². The van der Waals surface area contributed by atoms with Crippen LogP contribution in [0.15, 0.2) is 59.7 Å². The highest BCUT2D eigenvalue weighted by Crippen LogP contribution is 2.23. The first-order chi connectivity index (χ1) is 13.4. The van der Waals surface area contributed by atoms with Crippen molar-refractivity contribution in [2.45, 2.75) is 6.54 Å². The average Bonchev–Trinajstić information content (AvgIpc) is 3.02. The van der Waals surface area contributed by atoms with Gasteiger partial charge < -0.3 is 0 Å². The zero-order chi connectivity index (χ0) is 19.8. The number of carbonyl (C=O) groups excluding carboxylic acids is 1. The van der Waals surface area contributed by atoms with E-state index in [1.807, 2.05) is 12.1 Å². The summed E-state index contributed by atoms with van der Waals surface area (Å²) in [4.78, 5) is 29.7. The van der Waals surface area contributed by atoms with E-state index in [2.05, 4.69) is 4.98 Å². The molecule has 0 atom stereocenters. The lowest BCUT2D eigenvalue weighted by Crippen LogP contribution is -2.24. The largest absolute Gasteiger partial charge is 0.292 e. The molecular weight excluding hydrogens is 437 g/mol. The zero-order valence-electron chi connectivity index (χ0n) is 14.1. The molecule has 0 saturated carbocycles. The average molecular weight is 448 g/mol. The lowest BCUT2D eigenvalue weighted by atomic mass is 10.1. The summed E-state index contributed by atoms with van der Waals surface area (Å²) in [7, 11) is 0. The third kappa shape index (κ3) is 3.54. The number of Topliss-reactive ketones (excluding diaryl/α,β-unsaturated/α-hetero) is 1. The van der Waals surface area contributed by atoms with Gasteiger partial charge in [0.15, 0.2) is 15.4 Å². The SMILES string of the molecule is O=C(Cn1cnc2c(sc(=S)n2-c2ccc(Cl)cc2)c1=O)c1ccc(Cl)cc1. The molecule has 0 aliphatic heterocycles. The number of aromatic nitrogens is 3. The molecule has 28 heavy (non-hydrogen) atoms. The second kappa shape index (κ2) is 7.60. The topological polar surface area (TPSA) is 56.9 Å². The van der Waals surface area contributed by atoms with E-state index in [1.54, 1.807) is 41.0 Å². The van der Waals surface area contributed by atoms with Gasteiger partial charge >= 0.3 is 0 Å². The Kier molecular flexibility index (Phi) is 5.16. The van der Waals surface area contributed by atoms with Crippen LogP contribution in [0.3, 0.4) is 0 Å². The maximum absolute atomic E-state index is 12.9. The summed E-state index contributed by atoms with van der Waals surface area (Å²) < 4.78 is 3.89. The highest BCUT2D eigenvalue weighted by atomic mass is 35.5. The summed E-state index contributed by atoms with van der Waals surface area (Å²) in [5.41, 5.74) is 1.39. The molecule has 0 amide bonds. The van der Waals surface area contributed by atoms with Gasteiger partial charge in [-0.2, -0.15) is 0 Å². The molecule has 0 bridgehead atoms. The fourth-order valence-electron chi connectivity index (χ4n) is 2.74.